The molecule has 0 saturated heterocycles. The standard InChI is InChI=1S/C25H27FN2O2S/c1-25(2,3)28(24(30)20-11-13-21(26)14-12-20)18-23(29)27(17-22-10-7-15-31-22)16-19-8-5-4-6-9-19/h4-15H,16-18H2,1-3H3. The van der Waals surface area contributed by atoms with Gasteiger partial charge in [-0.2, -0.15) is 0 Å². The molecule has 0 N–H and O–H groups in total. The van der Waals surface area contributed by atoms with Crippen LogP contribution in [-0.4, -0.2) is 33.7 Å². The van der Waals surface area contributed by atoms with Gasteiger partial charge in [0.05, 0.1) is 6.54 Å². The van der Waals surface area contributed by atoms with Crippen molar-refractivity contribution in [2.75, 3.05) is 6.54 Å². The first kappa shape index (κ1) is 22.7. The van der Waals surface area contributed by atoms with Crippen molar-refractivity contribution in [3.63, 3.8) is 0 Å². The minimum atomic E-state index is -0.581. The molecule has 0 radical (unpaired) electrons. The summed E-state index contributed by atoms with van der Waals surface area (Å²) in [6.45, 7) is 6.56. The van der Waals surface area contributed by atoms with Crippen molar-refractivity contribution in [1.29, 1.82) is 0 Å². The predicted octanol–water partition coefficient (Wildman–Crippen LogP) is 5.36. The number of nitrogens with zero attached hydrogens (tertiary/aromatic N) is 2. The highest BCUT2D eigenvalue weighted by atomic mass is 32.1. The Morgan fingerprint density at radius 1 is 0.903 bits per heavy atom. The maximum absolute atomic E-state index is 13.4. The van der Waals surface area contributed by atoms with Crippen LogP contribution in [-0.2, 0) is 17.9 Å². The van der Waals surface area contributed by atoms with E-state index in [0.29, 0.717) is 18.7 Å². The van der Waals surface area contributed by atoms with Crippen molar-refractivity contribution in [3.8, 4) is 0 Å². The van der Waals surface area contributed by atoms with Crippen LogP contribution in [0.25, 0.3) is 0 Å². The van der Waals surface area contributed by atoms with Gasteiger partial charge in [-0.1, -0.05) is 36.4 Å². The fraction of sp³-hybridized carbons (Fsp3) is 0.280. The first-order chi connectivity index (χ1) is 14.7. The number of rotatable bonds is 7. The fourth-order valence-corrected chi connectivity index (χ4v) is 3.94. The second-order valence-corrected chi connectivity index (χ2v) is 9.42. The maximum atomic E-state index is 13.4. The molecule has 0 bridgehead atoms. The highest BCUT2D eigenvalue weighted by Gasteiger charge is 2.31. The third-order valence-corrected chi connectivity index (χ3v) is 5.80. The smallest absolute Gasteiger partial charge is 0.254 e. The van der Waals surface area contributed by atoms with E-state index in [-0.39, 0.29) is 18.4 Å². The quantitative estimate of drug-likeness (QED) is 0.498. The summed E-state index contributed by atoms with van der Waals surface area (Å²) in [4.78, 5) is 31.0. The number of amides is 2. The molecule has 0 saturated carbocycles. The van der Waals surface area contributed by atoms with Crippen LogP contribution in [0.4, 0.5) is 4.39 Å². The van der Waals surface area contributed by atoms with Crippen LogP contribution < -0.4 is 0 Å². The number of hydrogen-bond donors (Lipinski definition) is 0. The van der Waals surface area contributed by atoms with Gasteiger partial charge in [0, 0.05) is 22.5 Å². The first-order valence-electron chi connectivity index (χ1n) is 10.2. The van der Waals surface area contributed by atoms with Gasteiger partial charge < -0.3 is 9.80 Å². The van der Waals surface area contributed by atoms with Crippen LogP contribution in [0.1, 0.15) is 41.6 Å². The molecule has 2 aromatic carbocycles. The largest absolute Gasteiger partial charge is 0.332 e. The number of halogens is 1. The summed E-state index contributed by atoms with van der Waals surface area (Å²) in [7, 11) is 0. The third-order valence-electron chi connectivity index (χ3n) is 4.94. The lowest BCUT2D eigenvalue weighted by atomic mass is 10.0. The van der Waals surface area contributed by atoms with Crippen molar-refractivity contribution in [2.24, 2.45) is 0 Å². The zero-order valence-electron chi connectivity index (χ0n) is 18.0. The Kier molecular flexibility index (Phi) is 7.23. The number of thiophene rings is 1. The van der Waals surface area contributed by atoms with Gasteiger partial charge in [0.2, 0.25) is 5.91 Å². The number of carbonyl (C=O) groups excluding carboxylic acids is 2. The molecule has 0 aliphatic carbocycles. The van der Waals surface area contributed by atoms with E-state index in [1.165, 1.54) is 24.3 Å². The normalized spacial score (nSPS) is 11.2. The van der Waals surface area contributed by atoms with Crippen LogP contribution in [0, 0.1) is 5.82 Å². The molecule has 0 atom stereocenters. The molecule has 31 heavy (non-hydrogen) atoms. The van der Waals surface area contributed by atoms with Gasteiger partial charge >= 0.3 is 0 Å². The van der Waals surface area contributed by atoms with Crippen molar-refractivity contribution in [3.05, 3.63) is 93.9 Å². The van der Waals surface area contributed by atoms with Crippen LogP contribution in [0.3, 0.4) is 0 Å². The van der Waals surface area contributed by atoms with Gasteiger partial charge in [0.25, 0.3) is 5.91 Å². The first-order valence-corrected chi connectivity index (χ1v) is 11.0. The van der Waals surface area contributed by atoms with Crippen LogP contribution in [0.5, 0.6) is 0 Å². The van der Waals surface area contributed by atoms with Gasteiger partial charge in [-0.15, -0.1) is 11.3 Å². The minimum absolute atomic E-state index is 0.0576. The monoisotopic (exact) mass is 438 g/mol. The summed E-state index contributed by atoms with van der Waals surface area (Å²) in [5, 5.41) is 1.99. The molecular formula is C25H27FN2O2S. The van der Waals surface area contributed by atoms with Crippen molar-refractivity contribution < 1.29 is 14.0 Å². The predicted molar refractivity (Wildman–Crippen MR) is 122 cm³/mol. The molecule has 1 aromatic heterocycles. The van der Waals surface area contributed by atoms with Crippen LogP contribution in [0.2, 0.25) is 0 Å². The number of benzene rings is 2. The fourth-order valence-electron chi connectivity index (χ4n) is 3.22. The van der Waals surface area contributed by atoms with Gasteiger partial charge in [-0.05, 0) is 62.0 Å². The molecule has 6 heteroatoms. The van der Waals surface area contributed by atoms with Gasteiger partial charge in [-0.25, -0.2) is 4.39 Å². The summed E-state index contributed by atoms with van der Waals surface area (Å²) in [6.07, 6.45) is 0. The number of hydrogen-bond acceptors (Lipinski definition) is 3. The molecule has 0 unspecified atom stereocenters. The molecule has 4 nitrogen and oxygen atoms in total. The Morgan fingerprint density at radius 3 is 2.16 bits per heavy atom. The molecule has 2 amide bonds. The molecule has 3 rings (SSSR count). The van der Waals surface area contributed by atoms with Gasteiger partial charge in [0.15, 0.2) is 0 Å². The van der Waals surface area contributed by atoms with E-state index in [1.807, 2.05) is 68.6 Å². The van der Waals surface area contributed by atoms with E-state index in [2.05, 4.69) is 0 Å². The Bertz CT molecular complexity index is 996. The second kappa shape index (κ2) is 9.88. The Labute approximate surface area is 186 Å². The zero-order chi connectivity index (χ0) is 22.4. The molecule has 3 aromatic rings. The average molecular weight is 439 g/mol. The van der Waals surface area contributed by atoms with E-state index in [4.69, 9.17) is 0 Å². The van der Waals surface area contributed by atoms with Crippen molar-refractivity contribution in [2.45, 2.75) is 39.4 Å². The lowest BCUT2D eigenvalue weighted by Gasteiger charge is -2.37. The molecule has 0 aliphatic rings. The summed E-state index contributed by atoms with van der Waals surface area (Å²) in [5.74, 6) is -0.834. The Balaban J connectivity index is 1.83. The summed E-state index contributed by atoms with van der Waals surface area (Å²) in [5.41, 5.74) is 0.805. The number of carbonyl (C=O) groups is 2. The van der Waals surface area contributed by atoms with Crippen molar-refractivity contribution >= 4 is 23.2 Å². The SMILES string of the molecule is CC(C)(C)N(CC(=O)N(Cc1ccccc1)Cc1cccs1)C(=O)c1ccc(F)cc1. The third kappa shape index (κ3) is 6.25. The molecule has 162 valence electrons. The van der Waals surface area contributed by atoms with E-state index < -0.39 is 11.4 Å². The van der Waals surface area contributed by atoms with E-state index in [9.17, 15) is 14.0 Å². The maximum Gasteiger partial charge on any atom is 0.254 e. The highest BCUT2D eigenvalue weighted by Crippen LogP contribution is 2.20. The lowest BCUT2D eigenvalue weighted by Crippen LogP contribution is -2.51. The Morgan fingerprint density at radius 2 is 1.58 bits per heavy atom. The van der Waals surface area contributed by atoms with E-state index in [0.717, 1.165) is 10.4 Å². The average Bonchev–Trinajstić information content (AvgIpc) is 3.24. The molecule has 0 spiro atoms. The summed E-state index contributed by atoms with van der Waals surface area (Å²) in [6, 6.07) is 19.2. The lowest BCUT2D eigenvalue weighted by molar-refractivity contribution is -0.134. The second-order valence-electron chi connectivity index (χ2n) is 8.38. The Hall–Kier alpha value is -2.99. The summed E-state index contributed by atoms with van der Waals surface area (Å²) < 4.78 is 13.3. The minimum Gasteiger partial charge on any atom is -0.332 e. The zero-order valence-corrected chi connectivity index (χ0v) is 18.9. The molecule has 0 fully saturated rings. The summed E-state index contributed by atoms with van der Waals surface area (Å²) >= 11 is 1.60. The van der Waals surface area contributed by atoms with E-state index in [1.54, 1.807) is 21.1 Å². The molecule has 0 aliphatic heterocycles. The van der Waals surface area contributed by atoms with E-state index >= 15 is 0 Å². The molecular weight excluding hydrogens is 411 g/mol. The van der Waals surface area contributed by atoms with Crippen molar-refractivity contribution in [1.82, 2.24) is 9.80 Å². The van der Waals surface area contributed by atoms with Gasteiger partial charge in [-0.3, -0.25) is 9.59 Å². The van der Waals surface area contributed by atoms with Crippen LogP contribution in [0.15, 0.2) is 72.1 Å². The highest BCUT2D eigenvalue weighted by molar-refractivity contribution is 7.09. The topological polar surface area (TPSA) is 40.6 Å². The molecule has 1 heterocycles. The van der Waals surface area contributed by atoms with Gasteiger partial charge in [0.1, 0.15) is 12.4 Å². The van der Waals surface area contributed by atoms with Crippen LogP contribution >= 0.6 is 11.3 Å².